The fourth-order valence-corrected chi connectivity index (χ4v) is 2.63. The summed E-state index contributed by atoms with van der Waals surface area (Å²) >= 11 is 0. The van der Waals surface area contributed by atoms with Gasteiger partial charge in [-0.2, -0.15) is 0 Å². The van der Waals surface area contributed by atoms with E-state index in [1.807, 2.05) is 0 Å². The smallest absolute Gasteiger partial charge is 0.0565 e. The summed E-state index contributed by atoms with van der Waals surface area (Å²) in [5, 5.41) is 3.79. The first-order chi connectivity index (χ1) is 7.15. The summed E-state index contributed by atoms with van der Waals surface area (Å²) in [5.41, 5.74) is 0. The number of hydrogen-bond acceptors (Lipinski definition) is 2. The van der Waals surface area contributed by atoms with E-state index >= 15 is 0 Å². The normalized spacial score (nSPS) is 34.0. The average Bonchev–Trinajstić information content (AvgIpc) is 2.15. The minimum atomic E-state index is 0.422. The van der Waals surface area contributed by atoms with Crippen LogP contribution in [0.25, 0.3) is 0 Å². The standard InChI is InChI=1S/C13H27NO/c1-5-7-12(6-2)14-13-8-10(3)15-11(4)9-13/h10-14H,5-9H2,1-4H3. The van der Waals surface area contributed by atoms with Gasteiger partial charge in [-0.3, -0.25) is 0 Å². The summed E-state index contributed by atoms with van der Waals surface area (Å²) in [6.45, 7) is 8.91. The van der Waals surface area contributed by atoms with Crippen LogP contribution < -0.4 is 5.32 Å². The van der Waals surface area contributed by atoms with Gasteiger partial charge in [-0.25, -0.2) is 0 Å². The van der Waals surface area contributed by atoms with Crippen LogP contribution in [-0.4, -0.2) is 24.3 Å². The van der Waals surface area contributed by atoms with Crippen LogP contribution in [0.15, 0.2) is 0 Å². The van der Waals surface area contributed by atoms with Crippen molar-refractivity contribution in [1.82, 2.24) is 5.32 Å². The lowest BCUT2D eigenvalue weighted by atomic mass is 9.97. The predicted molar refractivity (Wildman–Crippen MR) is 65.2 cm³/mol. The van der Waals surface area contributed by atoms with Crippen molar-refractivity contribution in [2.75, 3.05) is 0 Å². The van der Waals surface area contributed by atoms with Crippen molar-refractivity contribution in [2.24, 2.45) is 0 Å². The predicted octanol–water partition coefficient (Wildman–Crippen LogP) is 3.11. The molecule has 0 aliphatic carbocycles. The van der Waals surface area contributed by atoms with Crippen molar-refractivity contribution < 1.29 is 4.74 Å². The van der Waals surface area contributed by atoms with Crippen molar-refractivity contribution in [3.05, 3.63) is 0 Å². The molecule has 0 bridgehead atoms. The Hall–Kier alpha value is -0.0800. The number of rotatable bonds is 5. The highest BCUT2D eigenvalue weighted by Gasteiger charge is 2.25. The van der Waals surface area contributed by atoms with Gasteiger partial charge in [-0.1, -0.05) is 20.3 Å². The van der Waals surface area contributed by atoms with Crippen molar-refractivity contribution in [1.29, 1.82) is 0 Å². The Labute approximate surface area is 94.8 Å². The number of ether oxygens (including phenoxy) is 1. The molecule has 0 aromatic carbocycles. The highest BCUT2D eigenvalue weighted by Crippen LogP contribution is 2.20. The quantitative estimate of drug-likeness (QED) is 0.757. The molecule has 0 saturated carbocycles. The largest absolute Gasteiger partial charge is 0.375 e. The molecule has 1 aliphatic heterocycles. The molecule has 1 fully saturated rings. The van der Waals surface area contributed by atoms with Crippen molar-refractivity contribution in [3.63, 3.8) is 0 Å². The van der Waals surface area contributed by atoms with Crippen molar-refractivity contribution in [2.45, 2.75) is 84.1 Å². The lowest BCUT2D eigenvalue weighted by Gasteiger charge is -2.35. The van der Waals surface area contributed by atoms with Crippen LogP contribution in [0.4, 0.5) is 0 Å². The third-order valence-corrected chi connectivity index (χ3v) is 3.30. The second-order valence-corrected chi connectivity index (χ2v) is 4.99. The van der Waals surface area contributed by atoms with Crippen LogP contribution in [0.1, 0.15) is 59.8 Å². The first kappa shape index (κ1) is 13.0. The van der Waals surface area contributed by atoms with Crippen molar-refractivity contribution >= 4 is 0 Å². The van der Waals surface area contributed by atoms with Crippen LogP contribution in [0, 0.1) is 0 Å². The molecule has 0 amide bonds. The highest BCUT2D eigenvalue weighted by atomic mass is 16.5. The van der Waals surface area contributed by atoms with Gasteiger partial charge >= 0.3 is 0 Å². The Kier molecular flexibility index (Phi) is 5.62. The molecular formula is C13H27NO. The molecule has 1 heterocycles. The van der Waals surface area contributed by atoms with Gasteiger partial charge in [0.05, 0.1) is 12.2 Å². The van der Waals surface area contributed by atoms with Gasteiger partial charge in [0, 0.05) is 12.1 Å². The summed E-state index contributed by atoms with van der Waals surface area (Å²) in [6, 6.07) is 1.37. The lowest BCUT2D eigenvalue weighted by Crippen LogP contribution is -2.45. The van der Waals surface area contributed by atoms with Gasteiger partial charge in [0.25, 0.3) is 0 Å². The van der Waals surface area contributed by atoms with Crippen LogP contribution in [0.5, 0.6) is 0 Å². The molecule has 0 spiro atoms. The molecule has 1 aliphatic rings. The molecule has 2 nitrogen and oxygen atoms in total. The number of hydrogen-bond donors (Lipinski definition) is 1. The van der Waals surface area contributed by atoms with Crippen LogP contribution in [0.2, 0.25) is 0 Å². The van der Waals surface area contributed by atoms with Crippen LogP contribution >= 0.6 is 0 Å². The molecular weight excluding hydrogens is 186 g/mol. The van der Waals surface area contributed by atoms with Crippen molar-refractivity contribution in [3.8, 4) is 0 Å². The van der Waals surface area contributed by atoms with E-state index < -0.39 is 0 Å². The molecule has 1 rings (SSSR count). The van der Waals surface area contributed by atoms with E-state index in [0.29, 0.717) is 24.3 Å². The zero-order valence-corrected chi connectivity index (χ0v) is 10.8. The van der Waals surface area contributed by atoms with Gasteiger partial charge in [0.15, 0.2) is 0 Å². The molecule has 1 saturated heterocycles. The summed E-state index contributed by atoms with van der Waals surface area (Å²) in [6.07, 6.45) is 7.01. The Morgan fingerprint density at radius 3 is 2.27 bits per heavy atom. The molecule has 3 unspecified atom stereocenters. The maximum absolute atomic E-state index is 5.75. The monoisotopic (exact) mass is 213 g/mol. The molecule has 3 atom stereocenters. The first-order valence-corrected chi connectivity index (χ1v) is 6.57. The van der Waals surface area contributed by atoms with E-state index in [-0.39, 0.29) is 0 Å². The highest BCUT2D eigenvalue weighted by molar-refractivity contribution is 4.81. The second kappa shape index (κ2) is 6.49. The molecule has 0 aromatic rings. The van der Waals surface area contributed by atoms with E-state index in [2.05, 4.69) is 33.0 Å². The zero-order chi connectivity index (χ0) is 11.3. The van der Waals surface area contributed by atoms with E-state index in [9.17, 15) is 0 Å². The third-order valence-electron chi connectivity index (χ3n) is 3.30. The Bertz CT molecular complexity index is 162. The molecule has 15 heavy (non-hydrogen) atoms. The maximum atomic E-state index is 5.75. The molecule has 90 valence electrons. The van der Waals surface area contributed by atoms with E-state index in [1.54, 1.807) is 0 Å². The molecule has 0 aromatic heterocycles. The van der Waals surface area contributed by atoms with E-state index in [4.69, 9.17) is 4.74 Å². The van der Waals surface area contributed by atoms with Gasteiger partial charge in [-0.05, 0) is 39.5 Å². The van der Waals surface area contributed by atoms with Gasteiger partial charge in [0.2, 0.25) is 0 Å². The number of nitrogens with one attached hydrogen (secondary N) is 1. The fourth-order valence-electron chi connectivity index (χ4n) is 2.63. The summed E-state index contributed by atoms with van der Waals surface area (Å²) in [4.78, 5) is 0. The Morgan fingerprint density at radius 2 is 1.80 bits per heavy atom. The summed E-state index contributed by atoms with van der Waals surface area (Å²) in [5.74, 6) is 0. The average molecular weight is 213 g/mol. The minimum Gasteiger partial charge on any atom is -0.375 e. The van der Waals surface area contributed by atoms with Crippen LogP contribution in [0.3, 0.4) is 0 Å². The maximum Gasteiger partial charge on any atom is 0.0565 e. The second-order valence-electron chi connectivity index (χ2n) is 4.99. The third kappa shape index (κ3) is 4.52. The minimum absolute atomic E-state index is 0.422. The van der Waals surface area contributed by atoms with E-state index in [1.165, 1.54) is 32.1 Å². The SMILES string of the molecule is CCCC(CC)NC1CC(C)OC(C)C1. The lowest BCUT2D eigenvalue weighted by molar-refractivity contribution is -0.0437. The summed E-state index contributed by atoms with van der Waals surface area (Å²) in [7, 11) is 0. The van der Waals surface area contributed by atoms with E-state index in [0.717, 1.165) is 0 Å². The zero-order valence-electron chi connectivity index (χ0n) is 10.8. The van der Waals surface area contributed by atoms with Gasteiger partial charge in [-0.15, -0.1) is 0 Å². The molecule has 0 radical (unpaired) electrons. The topological polar surface area (TPSA) is 21.3 Å². The Morgan fingerprint density at radius 1 is 1.20 bits per heavy atom. The van der Waals surface area contributed by atoms with Gasteiger partial charge in [0.1, 0.15) is 0 Å². The first-order valence-electron chi connectivity index (χ1n) is 6.57. The molecule has 2 heteroatoms. The molecule has 1 N–H and O–H groups in total. The summed E-state index contributed by atoms with van der Waals surface area (Å²) < 4.78 is 5.75. The Balaban J connectivity index is 2.35. The van der Waals surface area contributed by atoms with Gasteiger partial charge < -0.3 is 10.1 Å². The van der Waals surface area contributed by atoms with Crippen LogP contribution in [-0.2, 0) is 4.74 Å². The fraction of sp³-hybridized carbons (Fsp3) is 1.00.